The summed E-state index contributed by atoms with van der Waals surface area (Å²) in [6, 6.07) is 10.6. The zero-order valence-electron chi connectivity index (χ0n) is 12.2. The van der Waals surface area contributed by atoms with Crippen LogP contribution in [0.5, 0.6) is 0 Å². The van der Waals surface area contributed by atoms with Gasteiger partial charge >= 0.3 is 0 Å². The first-order chi connectivity index (χ1) is 10.8. The van der Waals surface area contributed by atoms with Gasteiger partial charge in [0.25, 0.3) is 0 Å². The highest BCUT2D eigenvalue weighted by Gasteiger charge is 2.25. The van der Waals surface area contributed by atoms with E-state index in [9.17, 15) is 0 Å². The van der Waals surface area contributed by atoms with Crippen LogP contribution in [-0.4, -0.2) is 25.0 Å². The predicted octanol–water partition coefficient (Wildman–Crippen LogP) is 3.39. The third kappa shape index (κ3) is 1.68. The maximum atomic E-state index is 4.77. The summed E-state index contributed by atoms with van der Waals surface area (Å²) in [4.78, 5) is 8.08. The highest BCUT2D eigenvalue weighted by atomic mass is 15.4. The zero-order valence-corrected chi connectivity index (χ0v) is 12.2. The smallest absolute Gasteiger partial charge is 0.138 e. The van der Waals surface area contributed by atoms with Gasteiger partial charge in [0, 0.05) is 35.8 Å². The lowest BCUT2D eigenvalue weighted by Gasteiger charge is -2.02. The summed E-state index contributed by atoms with van der Waals surface area (Å²) in [7, 11) is 1.91. The van der Waals surface area contributed by atoms with Crippen LogP contribution in [0.3, 0.4) is 0 Å². The lowest BCUT2D eigenvalue weighted by molar-refractivity contribution is 0.736. The van der Waals surface area contributed by atoms with Crippen molar-refractivity contribution >= 4 is 22.1 Å². The van der Waals surface area contributed by atoms with Gasteiger partial charge in [-0.05, 0) is 42.7 Å². The standard InChI is InChI=1S/C17H15N5/c1-22-16-8-11(4-6-15(16)20-21-22)13-9-18-17-12(13)5-7-14(19-17)10-2-3-10/h4-10H,2-3H2,1H3,(H,18,19). The fourth-order valence-electron chi connectivity index (χ4n) is 3.06. The number of pyridine rings is 1. The van der Waals surface area contributed by atoms with Gasteiger partial charge in [0.05, 0.1) is 5.52 Å². The molecule has 5 nitrogen and oxygen atoms in total. The number of nitrogens with zero attached hydrogens (tertiary/aromatic N) is 4. The van der Waals surface area contributed by atoms with Crippen molar-refractivity contribution < 1.29 is 0 Å². The van der Waals surface area contributed by atoms with Crippen molar-refractivity contribution in [2.45, 2.75) is 18.8 Å². The Morgan fingerprint density at radius 1 is 1.18 bits per heavy atom. The average Bonchev–Trinajstić information content (AvgIpc) is 3.22. The molecule has 1 aliphatic rings. The van der Waals surface area contributed by atoms with Crippen LogP contribution >= 0.6 is 0 Å². The van der Waals surface area contributed by atoms with E-state index in [0.29, 0.717) is 5.92 Å². The molecular weight excluding hydrogens is 274 g/mol. The molecule has 0 spiro atoms. The molecule has 1 N–H and O–H groups in total. The summed E-state index contributed by atoms with van der Waals surface area (Å²) in [5, 5.41) is 9.36. The van der Waals surface area contributed by atoms with E-state index < -0.39 is 0 Å². The molecule has 0 amide bonds. The van der Waals surface area contributed by atoms with Crippen LogP contribution in [0.1, 0.15) is 24.5 Å². The van der Waals surface area contributed by atoms with E-state index in [1.165, 1.54) is 29.5 Å². The number of benzene rings is 1. The highest BCUT2D eigenvalue weighted by Crippen LogP contribution is 2.40. The highest BCUT2D eigenvalue weighted by molar-refractivity contribution is 5.95. The Labute approximate surface area is 127 Å². The van der Waals surface area contributed by atoms with Crippen molar-refractivity contribution in [3.8, 4) is 11.1 Å². The first-order valence-corrected chi connectivity index (χ1v) is 7.57. The van der Waals surface area contributed by atoms with Crippen molar-refractivity contribution in [1.29, 1.82) is 0 Å². The zero-order chi connectivity index (χ0) is 14.7. The van der Waals surface area contributed by atoms with Crippen molar-refractivity contribution in [1.82, 2.24) is 25.0 Å². The molecule has 4 aromatic rings. The van der Waals surface area contributed by atoms with E-state index in [2.05, 4.69) is 39.6 Å². The molecule has 0 saturated heterocycles. The number of aryl methyl sites for hydroxylation is 1. The molecule has 0 aliphatic heterocycles. The molecule has 3 heterocycles. The fraction of sp³-hybridized carbons (Fsp3) is 0.235. The van der Waals surface area contributed by atoms with Crippen LogP contribution in [0.2, 0.25) is 0 Å². The number of aromatic nitrogens is 5. The quantitative estimate of drug-likeness (QED) is 0.615. The molecule has 0 unspecified atom stereocenters. The molecule has 108 valence electrons. The summed E-state index contributed by atoms with van der Waals surface area (Å²) >= 11 is 0. The number of H-pyrrole nitrogens is 1. The largest absolute Gasteiger partial charge is 0.346 e. The average molecular weight is 289 g/mol. The van der Waals surface area contributed by atoms with E-state index in [-0.39, 0.29) is 0 Å². The first-order valence-electron chi connectivity index (χ1n) is 7.57. The molecule has 0 radical (unpaired) electrons. The maximum absolute atomic E-state index is 4.77. The summed E-state index contributed by atoms with van der Waals surface area (Å²) < 4.78 is 1.80. The van der Waals surface area contributed by atoms with Gasteiger partial charge in [-0.3, -0.25) is 0 Å². The van der Waals surface area contributed by atoms with Crippen LogP contribution in [-0.2, 0) is 7.05 Å². The monoisotopic (exact) mass is 289 g/mol. The van der Waals surface area contributed by atoms with Crippen LogP contribution in [0.25, 0.3) is 33.2 Å². The number of nitrogens with one attached hydrogen (secondary N) is 1. The topological polar surface area (TPSA) is 59.4 Å². The van der Waals surface area contributed by atoms with Gasteiger partial charge in [-0.1, -0.05) is 11.3 Å². The molecule has 1 fully saturated rings. The molecule has 1 aliphatic carbocycles. The maximum Gasteiger partial charge on any atom is 0.138 e. The number of rotatable bonds is 2. The van der Waals surface area contributed by atoms with Gasteiger partial charge in [-0.15, -0.1) is 5.10 Å². The Bertz CT molecular complexity index is 1010. The molecular formula is C17H15N5. The van der Waals surface area contributed by atoms with Crippen LogP contribution in [0, 0.1) is 0 Å². The summed E-state index contributed by atoms with van der Waals surface area (Å²) in [5.74, 6) is 0.674. The Morgan fingerprint density at radius 3 is 2.95 bits per heavy atom. The second kappa shape index (κ2) is 4.16. The summed E-state index contributed by atoms with van der Waals surface area (Å²) in [6.07, 6.45) is 4.59. The normalized spacial score (nSPS) is 15.0. The number of hydrogen-bond donors (Lipinski definition) is 1. The van der Waals surface area contributed by atoms with Gasteiger partial charge in [0.1, 0.15) is 11.2 Å². The Balaban J connectivity index is 1.69. The molecule has 1 aromatic carbocycles. The molecule has 0 atom stereocenters. The molecule has 3 aromatic heterocycles. The SMILES string of the molecule is Cn1nnc2ccc(-c3c[nH]c4nc(C5CC5)ccc34)cc21. The fourth-order valence-corrected chi connectivity index (χ4v) is 3.06. The number of hydrogen-bond acceptors (Lipinski definition) is 3. The van der Waals surface area contributed by atoms with Gasteiger partial charge in [0.15, 0.2) is 0 Å². The van der Waals surface area contributed by atoms with E-state index in [1.54, 1.807) is 4.68 Å². The molecule has 1 saturated carbocycles. The molecule has 5 rings (SSSR count). The summed E-state index contributed by atoms with van der Waals surface area (Å²) in [6.45, 7) is 0. The van der Waals surface area contributed by atoms with Crippen molar-refractivity contribution in [2.24, 2.45) is 7.05 Å². The van der Waals surface area contributed by atoms with E-state index in [4.69, 9.17) is 4.98 Å². The first kappa shape index (κ1) is 11.9. The summed E-state index contributed by atoms with van der Waals surface area (Å²) in [5.41, 5.74) is 6.47. The van der Waals surface area contributed by atoms with Gasteiger partial charge in [-0.2, -0.15) is 0 Å². The second-order valence-electron chi connectivity index (χ2n) is 6.03. The van der Waals surface area contributed by atoms with Crippen LogP contribution in [0.15, 0.2) is 36.5 Å². The molecule has 0 bridgehead atoms. The number of aromatic amines is 1. The third-order valence-corrected chi connectivity index (χ3v) is 4.48. The van der Waals surface area contributed by atoms with Crippen molar-refractivity contribution in [2.75, 3.05) is 0 Å². The minimum absolute atomic E-state index is 0.674. The van der Waals surface area contributed by atoms with Crippen molar-refractivity contribution in [3.63, 3.8) is 0 Å². The number of fused-ring (bicyclic) bond motifs is 2. The molecule has 5 heteroatoms. The Kier molecular flexibility index (Phi) is 2.25. The molecule has 22 heavy (non-hydrogen) atoms. The van der Waals surface area contributed by atoms with Gasteiger partial charge in [0.2, 0.25) is 0 Å². The van der Waals surface area contributed by atoms with Gasteiger partial charge < -0.3 is 4.98 Å². The van der Waals surface area contributed by atoms with Crippen LogP contribution < -0.4 is 0 Å². The Hall–Kier alpha value is -2.69. The predicted molar refractivity (Wildman–Crippen MR) is 85.6 cm³/mol. The third-order valence-electron chi connectivity index (χ3n) is 4.48. The van der Waals surface area contributed by atoms with E-state index >= 15 is 0 Å². The van der Waals surface area contributed by atoms with Crippen molar-refractivity contribution in [3.05, 3.63) is 42.2 Å². The van der Waals surface area contributed by atoms with E-state index in [1.807, 2.05) is 19.3 Å². The van der Waals surface area contributed by atoms with Crippen LogP contribution in [0.4, 0.5) is 0 Å². The second-order valence-corrected chi connectivity index (χ2v) is 6.03. The minimum Gasteiger partial charge on any atom is -0.346 e. The van der Waals surface area contributed by atoms with Gasteiger partial charge in [-0.25, -0.2) is 9.67 Å². The lowest BCUT2D eigenvalue weighted by atomic mass is 10.0. The lowest BCUT2D eigenvalue weighted by Crippen LogP contribution is -1.89. The Morgan fingerprint density at radius 2 is 2.09 bits per heavy atom. The minimum atomic E-state index is 0.674. The van der Waals surface area contributed by atoms with E-state index in [0.717, 1.165) is 22.2 Å².